The molecule has 0 fully saturated rings. The van der Waals surface area contributed by atoms with Gasteiger partial charge < -0.3 is 5.32 Å². The van der Waals surface area contributed by atoms with Crippen LogP contribution in [0.4, 0.5) is 0 Å². The number of nitrogens with zero attached hydrogens (tertiary/aromatic N) is 1. The molecule has 0 aromatic carbocycles. The first kappa shape index (κ1) is 15.7. The Balaban J connectivity index is 2.28. The molecule has 1 atom stereocenters. The second-order valence-electron chi connectivity index (χ2n) is 6.80. The van der Waals surface area contributed by atoms with Crippen molar-refractivity contribution in [3.63, 3.8) is 0 Å². The van der Waals surface area contributed by atoms with E-state index in [4.69, 9.17) is 0 Å². The molecule has 1 unspecified atom stereocenters. The fraction of sp³-hybridized carbons (Fsp3) is 0.875. The molecule has 0 saturated carbocycles. The zero-order valence-corrected chi connectivity index (χ0v) is 13.1. The van der Waals surface area contributed by atoms with Gasteiger partial charge in [-0.05, 0) is 37.3 Å². The first-order valence-corrected chi connectivity index (χ1v) is 7.56. The summed E-state index contributed by atoms with van der Waals surface area (Å²) in [5, 5.41) is 3.52. The third-order valence-corrected chi connectivity index (χ3v) is 3.75. The van der Waals surface area contributed by atoms with Gasteiger partial charge in [0.2, 0.25) is 0 Å². The Morgan fingerprint density at radius 3 is 2.61 bits per heavy atom. The minimum atomic E-state index is 0.361. The van der Waals surface area contributed by atoms with E-state index in [0.29, 0.717) is 5.41 Å². The van der Waals surface area contributed by atoms with Gasteiger partial charge in [0.05, 0.1) is 0 Å². The lowest BCUT2D eigenvalue weighted by molar-refractivity contribution is 0.241. The molecule has 0 radical (unpaired) electrons. The van der Waals surface area contributed by atoms with Crippen molar-refractivity contribution in [2.45, 2.75) is 47.5 Å². The van der Waals surface area contributed by atoms with E-state index >= 15 is 0 Å². The summed E-state index contributed by atoms with van der Waals surface area (Å²) in [5.41, 5.74) is 2.00. The molecule has 1 rings (SSSR count). The van der Waals surface area contributed by atoms with E-state index in [1.165, 1.54) is 25.9 Å². The minimum Gasteiger partial charge on any atom is -0.316 e. The van der Waals surface area contributed by atoms with E-state index in [-0.39, 0.29) is 0 Å². The molecule has 2 heteroatoms. The smallest absolute Gasteiger partial charge is 0.0166 e. The molecule has 106 valence electrons. The molecule has 1 aliphatic heterocycles. The molecule has 0 spiro atoms. The Hall–Kier alpha value is -0.340. The molecular formula is C16H32N2. The van der Waals surface area contributed by atoms with Gasteiger partial charge in [0.1, 0.15) is 0 Å². The van der Waals surface area contributed by atoms with E-state index < -0.39 is 0 Å². The van der Waals surface area contributed by atoms with Crippen LogP contribution in [-0.2, 0) is 0 Å². The Bertz CT molecular complexity index is 263. The SMILES string of the molecule is CCCNCC(C)CN1CC=C(C(C)(C)C)CC1. The fourth-order valence-corrected chi connectivity index (χ4v) is 2.59. The predicted octanol–water partition coefficient (Wildman–Crippen LogP) is 3.30. The monoisotopic (exact) mass is 252 g/mol. The van der Waals surface area contributed by atoms with Crippen LogP contribution in [0.1, 0.15) is 47.5 Å². The molecule has 1 aliphatic rings. The van der Waals surface area contributed by atoms with Gasteiger partial charge in [0, 0.05) is 19.6 Å². The second kappa shape index (κ2) is 7.30. The largest absolute Gasteiger partial charge is 0.316 e. The molecule has 0 aromatic rings. The predicted molar refractivity (Wildman–Crippen MR) is 80.9 cm³/mol. The van der Waals surface area contributed by atoms with Gasteiger partial charge in [0.15, 0.2) is 0 Å². The van der Waals surface area contributed by atoms with Gasteiger partial charge in [-0.15, -0.1) is 0 Å². The average molecular weight is 252 g/mol. The topological polar surface area (TPSA) is 15.3 Å². The molecular weight excluding hydrogens is 220 g/mol. The molecule has 0 bridgehead atoms. The van der Waals surface area contributed by atoms with Gasteiger partial charge in [-0.3, -0.25) is 4.90 Å². The highest BCUT2D eigenvalue weighted by Crippen LogP contribution is 2.30. The summed E-state index contributed by atoms with van der Waals surface area (Å²) in [6.07, 6.45) is 4.93. The van der Waals surface area contributed by atoms with Crippen molar-refractivity contribution in [3.8, 4) is 0 Å². The summed E-state index contributed by atoms with van der Waals surface area (Å²) < 4.78 is 0. The van der Waals surface area contributed by atoms with E-state index in [0.717, 1.165) is 25.6 Å². The van der Waals surface area contributed by atoms with Crippen molar-refractivity contribution in [1.29, 1.82) is 0 Å². The summed E-state index contributed by atoms with van der Waals surface area (Å²) in [7, 11) is 0. The molecule has 18 heavy (non-hydrogen) atoms. The summed E-state index contributed by atoms with van der Waals surface area (Å²) in [6.45, 7) is 17.5. The highest BCUT2D eigenvalue weighted by atomic mass is 15.1. The van der Waals surface area contributed by atoms with Crippen LogP contribution in [-0.4, -0.2) is 37.6 Å². The Morgan fingerprint density at radius 2 is 2.11 bits per heavy atom. The van der Waals surface area contributed by atoms with Crippen molar-refractivity contribution in [1.82, 2.24) is 10.2 Å². The third-order valence-electron chi connectivity index (χ3n) is 3.75. The molecule has 0 saturated heterocycles. The van der Waals surface area contributed by atoms with Crippen LogP contribution < -0.4 is 5.32 Å². The zero-order valence-electron chi connectivity index (χ0n) is 13.1. The summed E-state index contributed by atoms with van der Waals surface area (Å²) in [4.78, 5) is 2.59. The Labute approximate surface area is 114 Å². The summed E-state index contributed by atoms with van der Waals surface area (Å²) in [6, 6.07) is 0. The van der Waals surface area contributed by atoms with Crippen LogP contribution in [0, 0.1) is 11.3 Å². The number of rotatable bonds is 6. The van der Waals surface area contributed by atoms with Crippen LogP contribution in [0.15, 0.2) is 11.6 Å². The lowest BCUT2D eigenvalue weighted by atomic mass is 9.83. The van der Waals surface area contributed by atoms with Gasteiger partial charge >= 0.3 is 0 Å². The average Bonchev–Trinajstić information content (AvgIpc) is 2.29. The molecule has 0 aromatic heterocycles. The molecule has 1 heterocycles. The maximum Gasteiger partial charge on any atom is 0.0166 e. The van der Waals surface area contributed by atoms with Gasteiger partial charge in [-0.2, -0.15) is 0 Å². The number of nitrogens with one attached hydrogen (secondary N) is 1. The van der Waals surface area contributed by atoms with Crippen LogP contribution in [0.25, 0.3) is 0 Å². The fourth-order valence-electron chi connectivity index (χ4n) is 2.59. The van der Waals surface area contributed by atoms with Crippen molar-refractivity contribution in [3.05, 3.63) is 11.6 Å². The highest BCUT2D eigenvalue weighted by molar-refractivity contribution is 5.14. The quantitative estimate of drug-likeness (QED) is 0.576. The minimum absolute atomic E-state index is 0.361. The first-order chi connectivity index (χ1) is 8.43. The normalized spacial score (nSPS) is 19.7. The summed E-state index contributed by atoms with van der Waals surface area (Å²) in [5.74, 6) is 0.751. The molecule has 1 N–H and O–H groups in total. The first-order valence-electron chi connectivity index (χ1n) is 7.56. The van der Waals surface area contributed by atoms with Gasteiger partial charge in [-0.1, -0.05) is 46.3 Å². The lowest BCUT2D eigenvalue weighted by Crippen LogP contribution is -2.37. The van der Waals surface area contributed by atoms with Gasteiger partial charge in [-0.25, -0.2) is 0 Å². The van der Waals surface area contributed by atoms with E-state index in [9.17, 15) is 0 Å². The summed E-state index contributed by atoms with van der Waals surface area (Å²) >= 11 is 0. The Morgan fingerprint density at radius 1 is 1.39 bits per heavy atom. The van der Waals surface area contributed by atoms with Crippen molar-refractivity contribution < 1.29 is 0 Å². The maximum absolute atomic E-state index is 3.52. The number of hydrogen-bond acceptors (Lipinski definition) is 2. The second-order valence-corrected chi connectivity index (χ2v) is 6.80. The van der Waals surface area contributed by atoms with Crippen molar-refractivity contribution in [2.24, 2.45) is 11.3 Å². The van der Waals surface area contributed by atoms with E-state index in [1.54, 1.807) is 5.57 Å². The van der Waals surface area contributed by atoms with Gasteiger partial charge in [0.25, 0.3) is 0 Å². The van der Waals surface area contributed by atoms with E-state index in [2.05, 4.69) is 50.9 Å². The van der Waals surface area contributed by atoms with Crippen LogP contribution in [0.3, 0.4) is 0 Å². The lowest BCUT2D eigenvalue weighted by Gasteiger charge is -2.33. The van der Waals surface area contributed by atoms with Crippen molar-refractivity contribution >= 4 is 0 Å². The van der Waals surface area contributed by atoms with Crippen LogP contribution in [0.5, 0.6) is 0 Å². The zero-order chi connectivity index (χ0) is 13.6. The van der Waals surface area contributed by atoms with Crippen LogP contribution >= 0.6 is 0 Å². The Kier molecular flexibility index (Phi) is 6.37. The molecule has 0 aliphatic carbocycles. The van der Waals surface area contributed by atoms with Crippen molar-refractivity contribution in [2.75, 3.05) is 32.7 Å². The number of hydrogen-bond donors (Lipinski definition) is 1. The third kappa shape index (κ3) is 5.53. The van der Waals surface area contributed by atoms with E-state index in [1.807, 2.05) is 0 Å². The standard InChI is InChI=1S/C16H32N2/c1-6-9-17-12-14(2)13-18-10-7-15(8-11-18)16(3,4)5/h7,14,17H,6,8-13H2,1-5H3. The molecule has 2 nitrogen and oxygen atoms in total. The molecule has 0 amide bonds. The van der Waals surface area contributed by atoms with Crippen LogP contribution in [0.2, 0.25) is 0 Å². The maximum atomic E-state index is 3.52. The highest BCUT2D eigenvalue weighted by Gasteiger charge is 2.21.